The molecule has 0 heterocycles. The Kier molecular flexibility index (Phi) is 8.72. The standard InChI is InChI=1S/C21H33NO2/c1-18(24-20-16-12-9-13-17-20)21(23)22-19-14-10-7-5-3-2-4-6-8-11-15-19/h9,12-13,16-19H,2-8,10-11,14-15H2,1H3,(H,22,23). The summed E-state index contributed by atoms with van der Waals surface area (Å²) in [6.07, 6.45) is 13.6. The first-order chi connectivity index (χ1) is 11.8. The van der Waals surface area contributed by atoms with E-state index in [0.29, 0.717) is 6.04 Å². The Hall–Kier alpha value is -1.51. The topological polar surface area (TPSA) is 38.3 Å². The van der Waals surface area contributed by atoms with Crippen molar-refractivity contribution in [2.24, 2.45) is 0 Å². The second kappa shape index (κ2) is 11.1. The highest BCUT2D eigenvalue weighted by Crippen LogP contribution is 2.17. The maximum atomic E-state index is 12.5. The molecular formula is C21H33NO2. The molecular weight excluding hydrogens is 298 g/mol. The zero-order valence-electron chi connectivity index (χ0n) is 15.1. The van der Waals surface area contributed by atoms with Gasteiger partial charge in [-0.3, -0.25) is 4.79 Å². The van der Waals surface area contributed by atoms with Crippen molar-refractivity contribution in [3.63, 3.8) is 0 Å². The number of carbonyl (C=O) groups excluding carboxylic acids is 1. The molecule has 1 aromatic carbocycles. The van der Waals surface area contributed by atoms with Crippen LogP contribution >= 0.6 is 0 Å². The van der Waals surface area contributed by atoms with Crippen molar-refractivity contribution in [1.82, 2.24) is 5.32 Å². The van der Waals surface area contributed by atoms with Gasteiger partial charge in [0.25, 0.3) is 5.91 Å². The first kappa shape index (κ1) is 18.8. The molecule has 134 valence electrons. The molecule has 1 saturated carbocycles. The normalized spacial score (nSPS) is 19.5. The van der Waals surface area contributed by atoms with Gasteiger partial charge in [0.1, 0.15) is 5.75 Å². The van der Waals surface area contributed by atoms with E-state index in [4.69, 9.17) is 4.74 Å². The number of para-hydroxylation sites is 1. The van der Waals surface area contributed by atoms with Gasteiger partial charge in [-0.1, -0.05) is 76.0 Å². The molecule has 2 rings (SSSR count). The fraction of sp³-hybridized carbons (Fsp3) is 0.667. The second-order valence-corrected chi connectivity index (χ2v) is 7.04. The number of benzene rings is 1. The lowest BCUT2D eigenvalue weighted by molar-refractivity contribution is -0.128. The van der Waals surface area contributed by atoms with Crippen molar-refractivity contribution < 1.29 is 9.53 Å². The molecule has 0 spiro atoms. The van der Waals surface area contributed by atoms with Gasteiger partial charge in [-0.2, -0.15) is 0 Å². The van der Waals surface area contributed by atoms with Gasteiger partial charge in [0.2, 0.25) is 0 Å². The number of amides is 1. The summed E-state index contributed by atoms with van der Waals surface area (Å²) >= 11 is 0. The summed E-state index contributed by atoms with van der Waals surface area (Å²) in [5, 5.41) is 3.23. The molecule has 1 aliphatic carbocycles. The second-order valence-electron chi connectivity index (χ2n) is 7.04. The Balaban J connectivity index is 1.79. The Morgan fingerprint density at radius 2 is 1.42 bits per heavy atom. The minimum atomic E-state index is -0.450. The van der Waals surface area contributed by atoms with Crippen LogP contribution in [0.3, 0.4) is 0 Å². The molecule has 0 aromatic heterocycles. The van der Waals surface area contributed by atoms with Crippen LogP contribution in [-0.4, -0.2) is 18.1 Å². The lowest BCUT2D eigenvalue weighted by Crippen LogP contribution is -2.42. The Morgan fingerprint density at radius 3 is 1.96 bits per heavy atom. The zero-order chi connectivity index (χ0) is 17.0. The van der Waals surface area contributed by atoms with E-state index in [1.807, 2.05) is 37.3 Å². The monoisotopic (exact) mass is 331 g/mol. The van der Waals surface area contributed by atoms with Gasteiger partial charge in [-0.05, 0) is 31.9 Å². The van der Waals surface area contributed by atoms with Gasteiger partial charge in [-0.25, -0.2) is 0 Å². The third kappa shape index (κ3) is 7.37. The summed E-state index contributed by atoms with van der Waals surface area (Å²) in [5.41, 5.74) is 0. The molecule has 1 fully saturated rings. The largest absolute Gasteiger partial charge is 0.481 e. The fourth-order valence-electron chi connectivity index (χ4n) is 3.38. The average molecular weight is 332 g/mol. The molecule has 1 atom stereocenters. The summed E-state index contributed by atoms with van der Waals surface area (Å²) in [5.74, 6) is 0.759. The summed E-state index contributed by atoms with van der Waals surface area (Å²) in [6.45, 7) is 1.83. The molecule has 0 saturated heterocycles. The van der Waals surface area contributed by atoms with E-state index in [1.165, 1.54) is 57.8 Å². The molecule has 1 N–H and O–H groups in total. The van der Waals surface area contributed by atoms with Crippen LogP contribution in [0.25, 0.3) is 0 Å². The smallest absolute Gasteiger partial charge is 0.260 e. The molecule has 3 nitrogen and oxygen atoms in total. The summed E-state index contributed by atoms with van der Waals surface area (Å²) in [7, 11) is 0. The summed E-state index contributed by atoms with van der Waals surface area (Å²) < 4.78 is 5.74. The van der Waals surface area contributed by atoms with Crippen molar-refractivity contribution in [3.8, 4) is 5.75 Å². The van der Waals surface area contributed by atoms with E-state index in [1.54, 1.807) is 0 Å². The number of hydrogen-bond donors (Lipinski definition) is 1. The van der Waals surface area contributed by atoms with Crippen LogP contribution in [0.15, 0.2) is 30.3 Å². The summed E-state index contributed by atoms with van der Waals surface area (Å²) in [6, 6.07) is 9.88. The van der Waals surface area contributed by atoms with Crippen LogP contribution in [0.2, 0.25) is 0 Å². The number of hydrogen-bond acceptors (Lipinski definition) is 2. The third-order valence-corrected chi connectivity index (χ3v) is 4.88. The summed E-state index contributed by atoms with van der Waals surface area (Å²) in [4.78, 5) is 12.5. The van der Waals surface area contributed by atoms with Gasteiger partial charge >= 0.3 is 0 Å². The predicted octanol–water partition coefficient (Wildman–Crippen LogP) is 5.24. The van der Waals surface area contributed by atoms with Gasteiger partial charge in [0, 0.05) is 6.04 Å². The van der Waals surface area contributed by atoms with E-state index in [-0.39, 0.29) is 5.91 Å². The van der Waals surface area contributed by atoms with Crippen LogP contribution in [0.5, 0.6) is 5.75 Å². The fourth-order valence-corrected chi connectivity index (χ4v) is 3.38. The molecule has 1 unspecified atom stereocenters. The van der Waals surface area contributed by atoms with E-state index in [0.717, 1.165) is 18.6 Å². The van der Waals surface area contributed by atoms with Crippen LogP contribution in [0.1, 0.15) is 77.6 Å². The highest BCUT2D eigenvalue weighted by Gasteiger charge is 2.19. The van der Waals surface area contributed by atoms with E-state index < -0.39 is 6.10 Å². The molecule has 0 bridgehead atoms. The van der Waals surface area contributed by atoms with Crippen molar-refractivity contribution in [3.05, 3.63) is 30.3 Å². The first-order valence-electron chi connectivity index (χ1n) is 9.78. The minimum Gasteiger partial charge on any atom is -0.481 e. The van der Waals surface area contributed by atoms with Gasteiger partial charge < -0.3 is 10.1 Å². The maximum Gasteiger partial charge on any atom is 0.260 e. The van der Waals surface area contributed by atoms with Gasteiger partial charge in [0.05, 0.1) is 0 Å². The number of rotatable bonds is 4. The van der Waals surface area contributed by atoms with E-state index >= 15 is 0 Å². The number of carbonyl (C=O) groups is 1. The maximum absolute atomic E-state index is 12.5. The molecule has 0 radical (unpaired) electrons. The highest BCUT2D eigenvalue weighted by molar-refractivity contribution is 5.81. The Morgan fingerprint density at radius 1 is 0.917 bits per heavy atom. The lowest BCUT2D eigenvalue weighted by atomic mass is 9.98. The lowest BCUT2D eigenvalue weighted by Gasteiger charge is -2.22. The van der Waals surface area contributed by atoms with Crippen LogP contribution in [0.4, 0.5) is 0 Å². The zero-order valence-corrected chi connectivity index (χ0v) is 15.1. The molecule has 24 heavy (non-hydrogen) atoms. The van der Waals surface area contributed by atoms with Crippen molar-refractivity contribution in [2.45, 2.75) is 89.7 Å². The molecule has 1 aliphatic rings. The molecule has 3 heteroatoms. The number of nitrogens with one attached hydrogen (secondary N) is 1. The molecule has 1 amide bonds. The quantitative estimate of drug-likeness (QED) is 0.819. The van der Waals surface area contributed by atoms with Crippen LogP contribution < -0.4 is 10.1 Å². The van der Waals surface area contributed by atoms with Crippen molar-refractivity contribution in [2.75, 3.05) is 0 Å². The molecule has 0 aliphatic heterocycles. The van der Waals surface area contributed by atoms with Crippen molar-refractivity contribution >= 4 is 5.91 Å². The SMILES string of the molecule is CC(Oc1ccccc1)C(=O)NC1CCCCCCCCCCC1. The first-order valence-corrected chi connectivity index (χ1v) is 9.78. The average Bonchev–Trinajstić information content (AvgIpc) is 2.58. The van der Waals surface area contributed by atoms with Crippen LogP contribution in [0, 0.1) is 0 Å². The van der Waals surface area contributed by atoms with Crippen LogP contribution in [-0.2, 0) is 4.79 Å². The minimum absolute atomic E-state index is 0.0101. The Labute approximate surface area is 147 Å². The van der Waals surface area contributed by atoms with Crippen molar-refractivity contribution in [1.29, 1.82) is 0 Å². The van der Waals surface area contributed by atoms with E-state index in [9.17, 15) is 4.79 Å². The number of ether oxygens (including phenoxy) is 1. The molecule has 1 aromatic rings. The predicted molar refractivity (Wildman–Crippen MR) is 99.2 cm³/mol. The van der Waals surface area contributed by atoms with E-state index in [2.05, 4.69) is 5.32 Å². The highest BCUT2D eigenvalue weighted by atomic mass is 16.5. The third-order valence-electron chi connectivity index (χ3n) is 4.88. The van der Waals surface area contributed by atoms with Gasteiger partial charge in [-0.15, -0.1) is 0 Å². The van der Waals surface area contributed by atoms with Gasteiger partial charge in [0.15, 0.2) is 6.10 Å². The Bertz CT molecular complexity index is 448.